The first-order valence-electron chi connectivity index (χ1n) is 9.81. The van der Waals surface area contributed by atoms with Gasteiger partial charge in [-0.05, 0) is 31.4 Å². The van der Waals surface area contributed by atoms with Gasteiger partial charge in [0, 0.05) is 24.7 Å². The number of benzene rings is 1. The minimum absolute atomic E-state index is 0.0310. The molecule has 0 spiro atoms. The third-order valence-corrected chi connectivity index (χ3v) is 6.01. The summed E-state index contributed by atoms with van der Waals surface area (Å²) in [5.74, 6) is 1.35. The number of aliphatic hydroxyl groups excluding tert-OH is 1. The molecule has 5 rings (SSSR count). The number of carbonyl (C=O) groups excluding carboxylic acids is 1. The second kappa shape index (κ2) is 8.28. The summed E-state index contributed by atoms with van der Waals surface area (Å²) in [6.45, 7) is 2.95. The van der Waals surface area contributed by atoms with Crippen LogP contribution in [0, 0.1) is 11.8 Å². The molecular weight excluding hydrogens is 358 g/mol. The second-order valence-corrected chi connectivity index (χ2v) is 7.66. The van der Waals surface area contributed by atoms with E-state index < -0.39 is 0 Å². The maximum absolute atomic E-state index is 12.8. The summed E-state index contributed by atoms with van der Waals surface area (Å²) >= 11 is 0. The van der Waals surface area contributed by atoms with Gasteiger partial charge >= 0.3 is 0 Å². The Hall–Kier alpha value is -2.45. The van der Waals surface area contributed by atoms with Crippen LogP contribution in [0.25, 0.3) is 0 Å². The molecule has 3 fully saturated rings. The summed E-state index contributed by atoms with van der Waals surface area (Å²) in [6, 6.07) is 8.13. The first-order chi connectivity index (χ1) is 13.7. The molecule has 150 valence electrons. The lowest BCUT2D eigenvalue weighted by atomic mass is 9.75. The number of hydrogen-bond acceptors (Lipinski definition) is 6. The van der Waals surface area contributed by atoms with E-state index in [-0.39, 0.29) is 18.4 Å². The van der Waals surface area contributed by atoms with Gasteiger partial charge in [-0.25, -0.2) is 0 Å². The number of fused-ring (bicyclic) bond motifs is 3. The van der Waals surface area contributed by atoms with Crippen molar-refractivity contribution in [1.29, 1.82) is 0 Å². The molecule has 2 bridgehead atoms. The lowest BCUT2D eigenvalue weighted by Crippen LogP contribution is -2.58. The van der Waals surface area contributed by atoms with Crippen molar-refractivity contribution in [1.82, 2.24) is 25.2 Å². The van der Waals surface area contributed by atoms with E-state index in [4.69, 9.17) is 9.84 Å². The van der Waals surface area contributed by atoms with Crippen LogP contribution in [-0.2, 0) is 24.5 Å². The molecule has 4 atom stereocenters. The molecule has 28 heavy (non-hydrogen) atoms. The zero-order valence-corrected chi connectivity index (χ0v) is 16.1. The van der Waals surface area contributed by atoms with Gasteiger partial charge in [-0.2, -0.15) is 0 Å². The number of methoxy groups -OCH3 is 1. The topological polar surface area (TPSA) is 92.5 Å². The highest BCUT2D eigenvalue weighted by atomic mass is 16.5. The van der Waals surface area contributed by atoms with Gasteiger partial charge in [-0.15, -0.1) is 5.10 Å². The fourth-order valence-electron chi connectivity index (χ4n) is 4.50. The molecule has 0 aliphatic carbocycles. The Kier molecular flexibility index (Phi) is 5.59. The quantitative estimate of drug-likeness (QED) is 0.733. The molecule has 3 aliphatic rings. The number of nitrogens with zero attached hydrogens (tertiary/aromatic N) is 4. The van der Waals surface area contributed by atoms with Gasteiger partial charge in [0.2, 0.25) is 5.91 Å². The molecule has 3 saturated heterocycles. The van der Waals surface area contributed by atoms with Crippen LogP contribution in [0.15, 0.2) is 30.5 Å². The van der Waals surface area contributed by atoms with Crippen molar-refractivity contribution in [2.45, 2.75) is 38.6 Å². The fraction of sp³-hybridized carbons (Fsp3) is 0.550. The smallest absolute Gasteiger partial charge is 0.224 e. The van der Waals surface area contributed by atoms with Crippen LogP contribution in [0.3, 0.4) is 0 Å². The summed E-state index contributed by atoms with van der Waals surface area (Å²) in [5, 5.41) is 20.3. The van der Waals surface area contributed by atoms with Crippen LogP contribution in [-0.4, -0.2) is 57.1 Å². The number of hydrogen-bond donors (Lipinski definition) is 2. The van der Waals surface area contributed by atoms with Gasteiger partial charge in [0.1, 0.15) is 11.4 Å². The van der Waals surface area contributed by atoms with Crippen LogP contribution in [0.4, 0.5) is 0 Å². The molecule has 4 unspecified atom stereocenters. The van der Waals surface area contributed by atoms with Gasteiger partial charge in [0.25, 0.3) is 0 Å². The minimum Gasteiger partial charge on any atom is -0.496 e. The Balaban J connectivity index is 1.34. The second-order valence-electron chi connectivity index (χ2n) is 7.66. The van der Waals surface area contributed by atoms with E-state index in [2.05, 4.69) is 20.5 Å². The Morgan fingerprint density at radius 2 is 2.25 bits per heavy atom. The van der Waals surface area contributed by atoms with Gasteiger partial charge in [0.15, 0.2) is 0 Å². The number of rotatable bonds is 7. The van der Waals surface area contributed by atoms with E-state index in [1.54, 1.807) is 18.0 Å². The molecule has 8 heteroatoms. The van der Waals surface area contributed by atoms with E-state index in [1.165, 1.54) is 0 Å². The maximum atomic E-state index is 12.8. The zero-order chi connectivity index (χ0) is 19.5. The van der Waals surface area contributed by atoms with E-state index >= 15 is 0 Å². The normalized spacial score (nSPS) is 26.2. The number of nitrogens with one attached hydrogen (secondary N) is 1. The first-order valence-corrected chi connectivity index (χ1v) is 9.81. The van der Waals surface area contributed by atoms with Gasteiger partial charge < -0.3 is 15.2 Å². The van der Waals surface area contributed by atoms with Crippen molar-refractivity contribution in [3.63, 3.8) is 0 Å². The summed E-state index contributed by atoms with van der Waals surface area (Å²) in [5.41, 5.74) is 1.58. The summed E-state index contributed by atoms with van der Waals surface area (Å²) < 4.78 is 7.16. The molecule has 0 radical (unpaired) electrons. The fourth-order valence-corrected chi connectivity index (χ4v) is 4.50. The average Bonchev–Trinajstić information content (AvgIpc) is 3.20. The lowest BCUT2D eigenvalue weighted by molar-refractivity contribution is -0.133. The van der Waals surface area contributed by atoms with Gasteiger partial charge in [-0.1, -0.05) is 23.4 Å². The van der Waals surface area contributed by atoms with E-state index in [1.807, 2.05) is 24.3 Å². The number of aromatic nitrogens is 3. The number of aliphatic hydroxyl groups is 1. The zero-order valence-electron chi connectivity index (χ0n) is 16.1. The monoisotopic (exact) mass is 385 g/mol. The highest BCUT2D eigenvalue weighted by Crippen LogP contribution is 2.37. The maximum Gasteiger partial charge on any atom is 0.224 e. The number of amides is 1. The number of ether oxygens (including phenoxy) is 1. The van der Waals surface area contributed by atoms with Crippen molar-refractivity contribution >= 4 is 5.91 Å². The average molecular weight is 385 g/mol. The number of piperidine rings is 3. The number of para-hydroxylation sites is 1. The Morgan fingerprint density at radius 1 is 1.39 bits per heavy atom. The van der Waals surface area contributed by atoms with Crippen LogP contribution in [0.1, 0.15) is 24.1 Å². The summed E-state index contributed by atoms with van der Waals surface area (Å²) in [6.07, 6.45) is 3.84. The van der Waals surface area contributed by atoms with E-state index in [0.717, 1.165) is 43.8 Å². The molecule has 0 saturated carbocycles. The molecule has 3 aliphatic heterocycles. The van der Waals surface area contributed by atoms with Crippen molar-refractivity contribution in [2.24, 2.45) is 11.8 Å². The predicted molar refractivity (Wildman–Crippen MR) is 102 cm³/mol. The third-order valence-electron chi connectivity index (χ3n) is 6.01. The molecule has 2 N–H and O–H groups in total. The minimum atomic E-state index is -0.0918. The van der Waals surface area contributed by atoms with Crippen molar-refractivity contribution in [3.05, 3.63) is 41.7 Å². The van der Waals surface area contributed by atoms with Gasteiger partial charge in [0.05, 0.1) is 32.4 Å². The SMILES string of the molecule is COc1ccccc1CNC(=O)C1CN2CCC1CC2Cn1cc(CO)nn1. The molecular formula is C20H27N5O3. The molecule has 1 amide bonds. The summed E-state index contributed by atoms with van der Waals surface area (Å²) in [4.78, 5) is 15.2. The van der Waals surface area contributed by atoms with E-state index in [9.17, 15) is 4.79 Å². The van der Waals surface area contributed by atoms with Gasteiger partial charge in [-0.3, -0.25) is 14.4 Å². The van der Waals surface area contributed by atoms with Crippen LogP contribution >= 0.6 is 0 Å². The van der Waals surface area contributed by atoms with Crippen LogP contribution in [0.5, 0.6) is 5.75 Å². The number of carbonyl (C=O) groups is 1. The lowest BCUT2D eigenvalue weighted by Gasteiger charge is -2.49. The Morgan fingerprint density at radius 3 is 2.96 bits per heavy atom. The van der Waals surface area contributed by atoms with Crippen LogP contribution < -0.4 is 10.1 Å². The molecule has 4 heterocycles. The molecule has 1 aromatic carbocycles. The predicted octanol–water partition coefficient (Wildman–Crippen LogP) is 0.806. The van der Waals surface area contributed by atoms with Crippen molar-refractivity contribution < 1.29 is 14.6 Å². The standard InChI is InChI=1S/C20H27N5O3/c1-28-19-5-3-2-4-15(19)9-21-20(27)18-12-24-7-6-14(18)8-17(24)11-25-10-16(13-26)22-23-25/h2-5,10,14,17-18,26H,6-9,11-13H2,1H3,(H,21,27). The van der Waals surface area contributed by atoms with E-state index in [0.29, 0.717) is 24.2 Å². The first kappa shape index (κ1) is 18.9. The third kappa shape index (κ3) is 3.88. The van der Waals surface area contributed by atoms with Crippen molar-refractivity contribution in [2.75, 3.05) is 20.2 Å². The largest absolute Gasteiger partial charge is 0.496 e. The Labute approximate surface area is 164 Å². The molecule has 8 nitrogen and oxygen atoms in total. The highest BCUT2D eigenvalue weighted by molar-refractivity contribution is 5.79. The Bertz CT molecular complexity index is 824. The summed E-state index contributed by atoms with van der Waals surface area (Å²) in [7, 11) is 1.65. The van der Waals surface area contributed by atoms with Crippen LogP contribution in [0.2, 0.25) is 0 Å². The molecule has 2 aromatic rings. The highest BCUT2D eigenvalue weighted by Gasteiger charge is 2.43. The van der Waals surface area contributed by atoms with Crippen molar-refractivity contribution in [3.8, 4) is 5.75 Å². The molecule has 1 aromatic heterocycles.